The second-order valence-electron chi connectivity index (χ2n) is 19.6. The molecule has 6 heterocycles. The summed E-state index contributed by atoms with van der Waals surface area (Å²) in [5.74, 6) is 0.649. The van der Waals surface area contributed by atoms with Gasteiger partial charge >= 0.3 is 12.2 Å². The number of hydrogen-bond acceptors (Lipinski definition) is 12. The summed E-state index contributed by atoms with van der Waals surface area (Å²) in [5.41, 5.74) is 0.636. The van der Waals surface area contributed by atoms with E-state index in [2.05, 4.69) is 40.3 Å². The lowest BCUT2D eigenvalue weighted by Gasteiger charge is -2.42. The number of aromatic amines is 1. The summed E-state index contributed by atoms with van der Waals surface area (Å²) in [5, 5.41) is 7.84. The summed E-state index contributed by atoms with van der Waals surface area (Å²) in [6, 6.07) is 18.8. The predicted molar refractivity (Wildman–Crippen MR) is 259 cm³/mol. The predicted octanol–water partition coefficient (Wildman–Crippen LogP) is 6.15. The number of halogens is 1. The van der Waals surface area contributed by atoms with E-state index >= 15 is 0 Å². The van der Waals surface area contributed by atoms with Crippen molar-refractivity contribution in [3.05, 3.63) is 89.3 Å². The molecular formula is C50H67ClN10O7. The largest absolute Gasteiger partial charge is 0.445 e. The van der Waals surface area contributed by atoms with E-state index in [1.54, 1.807) is 25.7 Å². The Balaban J connectivity index is 0.792. The number of rotatable bonds is 14. The zero-order valence-corrected chi connectivity index (χ0v) is 40.4. The minimum atomic E-state index is -1.23. The van der Waals surface area contributed by atoms with Gasteiger partial charge in [-0.15, -0.1) is 0 Å². The Morgan fingerprint density at radius 1 is 0.809 bits per heavy atom. The van der Waals surface area contributed by atoms with Gasteiger partial charge in [0.25, 0.3) is 0 Å². The molecule has 0 saturated carbocycles. The molecule has 4 saturated heterocycles. The number of alkyl carbamates (subject to hydrolysis) is 1. The van der Waals surface area contributed by atoms with Gasteiger partial charge in [0.05, 0.1) is 30.2 Å². The molecule has 8 rings (SSSR count). The minimum Gasteiger partial charge on any atom is -0.445 e. The van der Waals surface area contributed by atoms with Crippen molar-refractivity contribution in [3.63, 3.8) is 0 Å². The van der Waals surface area contributed by atoms with Crippen LogP contribution in [0.1, 0.15) is 82.9 Å². The summed E-state index contributed by atoms with van der Waals surface area (Å²) in [6.45, 7) is 13.3. The van der Waals surface area contributed by atoms with Crippen LogP contribution in [-0.4, -0.2) is 160 Å². The second-order valence-corrected chi connectivity index (χ2v) is 20.0. The minimum absolute atomic E-state index is 0.120. The van der Waals surface area contributed by atoms with Crippen molar-refractivity contribution in [2.45, 2.75) is 102 Å². The summed E-state index contributed by atoms with van der Waals surface area (Å²) >= 11 is 6.32. The monoisotopic (exact) mass is 954 g/mol. The van der Waals surface area contributed by atoms with E-state index in [1.807, 2.05) is 71.8 Å². The number of carbonyl (C=O) groups is 4. The van der Waals surface area contributed by atoms with Gasteiger partial charge in [0.2, 0.25) is 11.8 Å². The summed E-state index contributed by atoms with van der Waals surface area (Å²) in [6.07, 6.45) is 7.33. The number of nitrogens with zero attached hydrogens (tertiary/aromatic N) is 7. The number of nitrogens with one attached hydrogen (secondary N) is 3. The number of piperidine rings is 3. The first-order valence-electron chi connectivity index (χ1n) is 24.2. The quantitative estimate of drug-likeness (QED) is 0.132. The SMILES string of the molecule is CC(C)(C)OC(=O)NC1(C(=O)N[C@@H](CCN2CCN(C(=O)CN3CCC(OC4CCN(C(=O)OCc5ccccc5)CC4)CC3)CC2)c2ccc(Cl)cc2)CCN(c2ncnc3[nH]ccc23)CC1. The van der Waals surface area contributed by atoms with Gasteiger partial charge in [0, 0.05) is 83.2 Å². The number of fused-ring (bicyclic) bond motifs is 1. The molecule has 0 spiro atoms. The Kier molecular flexibility index (Phi) is 16.0. The molecule has 0 bridgehead atoms. The first-order valence-corrected chi connectivity index (χ1v) is 24.6. The average molecular weight is 956 g/mol. The molecule has 366 valence electrons. The number of hydrogen-bond donors (Lipinski definition) is 3. The number of carbonyl (C=O) groups excluding carboxylic acids is 4. The van der Waals surface area contributed by atoms with Crippen molar-refractivity contribution >= 4 is 52.5 Å². The van der Waals surface area contributed by atoms with Crippen molar-refractivity contribution in [2.75, 3.05) is 83.4 Å². The van der Waals surface area contributed by atoms with Crippen molar-refractivity contribution in [1.82, 2.24) is 45.2 Å². The second kappa shape index (κ2) is 22.3. The third kappa shape index (κ3) is 13.0. The zero-order chi connectivity index (χ0) is 47.7. The first-order chi connectivity index (χ1) is 32.8. The summed E-state index contributed by atoms with van der Waals surface area (Å²) in [7, 11) is 0. The fourth-order valence-electron chi connectivity index (χ4n) is 9.72. The highest BCUT2D eigenvalue weighted by atomic mass is 35.5. The molecule has 4 aliphatic rings. The molecular weight excluding hydrogens is 888 g/mol. The molecule has 18 heteroatoms. The van der Waals surface area contributed by atoms with Crippen LogP contribution in [0.3, 0.4) is 0 Å². The highest BCUT2D eigenvalue weighted by Gasteiger charge is 2.45. The van der Waals surface area contributed by atoms with Gasteiger partial charge in [-0.1, -0.05) is 54.1 Å². The molecule has 4 fully saturated rings. The number of benzene rings is 2. The van der Waals surface area contributed by atoms with Crippen LogP contribution >= 0.6 is 11.6 Å². The van der Waals surface area contributed by atoms with Crippen molar-refractivity contribution in [3.8, 4) is 0 Å². The standard InChI is InChI=1S/C50H67ClN10O7/c1-49(2,3)68-47(64)56-50(19-27-60(28-20-50)45-41-13-21-52-44(41)53-35-54-45)46(63)55-42(37-9-11-38(51)12-10-37)18-24-57-29-31-59(32-30-57)43(62)33-58-22-14-39(15-23-58)67-40-16-25-61(26-17-40)48(65)66-34-36-7-5-4-6-8-36/h4-13,21,35,39-40,42H,14-20,22-34H2,1-3H3,(H,55,63)(H,56,64)(H,52,53,54)/t42-/m0/s1. The molecule has 0 unspecified atom stereocenters. The first kappa shape index (κ1) is 48.9. The molecule has 4 amide bonds. The maximum atomic E-state index is 14.7. The topological polar surface area (TPSA) is 178 Å². The molecule has 1 atom stereocenters. The maximum absolute atomic E-state index is 14.7. The number of ether oxygens (including phenoxy) is 3. The Bertz CT molecular complexity index is 2300. The number of aromatic nitrogens is 3. The lowest BCUT2D eigenvalue weighted by molar-refractivity contribution is -0.135. The number of amides is 4. The molecule has 0 aliphatic carbocycles. The Morgan fingerprint density at radius 2 is 1.49 bits per heavy atom. The third-order valence-corrected chi connectivity index (χ3v) is 13.9. The fourth-order valence-corrected chi connectivity index (χ4v) is 9.84. The van der Waals surface area contributed by atoms with Crippen molar-refractivity contribution in [2.24, 2.45) is 0 Å². The molecule has 4 aliphatic heterocycles. The highest BCUT2D eigenvalue weighted by Crippen LogP contribution is 2.32. The third-order valence-electron chi connectivity index (χ3n) is 13.6. The van der Waals surface area contributed by atoms with E-state index in [-0.39, 0.29) is 42.8 Å². The van der Waals surface area contributed by atoms with E-state index in [4.69, 9.17) is 25.8 Å². The van der Waals surface area contributed by atoms with Crippen LogP contribution < -0.4 is 15.5 Å². The molecule has 0 radical (unpaired) electrons. The van der Waals surface area contributed by atoms with Gasteiger partial charge in [0.1, 0.15) is 35.5 Å². The van der Waals surface area contributed by atoms with Gasteiger partial charge in [-0.25, -0.2) is 19.6 Å². The lowest BCUT2D eigenvalue weighted by Crippen LogP contribution is -2.64. The molecule has 2 aromatic heterocycles. The van der Waals surface area contributed by atoms with Crippen LogP contribution in [-0.2, 0) is 30.4 Å². The van der Waals surface area contributed by atoms with Crippen LogP contribution in [0.5, 0.6) is 0 Å². The van der Waals surface area contributed by atoms with Gasteiger partial charge in [0.15, 0.2) is 0 Å². The normalized spacial score (nSPS) is 19.4. The van der Waals surface area contributed by atoms with Gasteiger partial charge in [-0.05, 0) is 95.0 Å². The van der Waals surface area contributed by atoms with Crippen LogP contribution in [0.2, 0.25) is 5.02 Å². The Morgan fingerprint density at radius 3 is 2.16 bits per heavy atom. The molecule has 68 heavy (non-hydrogen) atoms. The number of anilines is 1. The van der Waals surface area contributed by atoms with Crippen molar-refractivity contribution < 1.29 is 33.4 Å². The fraction of sp³-hybridized carbons (Fsp3) is 0.560. The van der Waals surface area contributed by atoms with Crippen LogP contribution in [0.25, 0.3) is 11.0 Å². The highest BCUT2D eigenvalue weighted by molar-refractivity contribution is 6.30. The molecule has 4 aromatic rings. The van der Waals surface area contributed by atoms with Crippen LogP contribution in [0, 0.1) is 0 Å². The van der Waals surface area contributed by atoms with E-state index < -0.39 is 17.2 Å². The molecule has 3 N–H and O–H groups in total. The summed E-state index contributed by atoms with van der Waals surface area (Å²) < 4.78 is 17.7. The van der Waals surface area contributed by atoms with Gasteiger partial charge in [-0.2, -0.15) is 0 Å². The summed E-state index contributed by atoms with van der Waals surface area (Å²) in [4.78, 5) is 76.7. The number of piperazine rings is 1. The van der Waals surface area contributed by atoms with E-state index in [0.29, 0.717) is 76.6 Å². The zero-order valence-electron chi connectivity index (χ0n) is 39.7. The van der Waals surface area contributed by atoms with E-state index in [9.17, 15) is 19.2 Å². The maximum Gasteiger partial charge on any atom is 0.410 e. The van der Waals surface area contributed by atoms with E-state index in [1.165, 1.54) is 6.33 Å². The van der Waals surface area contributed by atoms with Gasteiger partial charge in [-0.3, -0.25) is 19.4 Å². The van der Waals surface area contributed by atoms with Crippen LogP contribution in [0.15, 0.2) is 73.2 Å². The van der Waals surface area contributed by atoms with Crippen LogP contribution in [0.4, 0.5) is 15.4 Å². The lowest BCUT2D eigenvalue weighted by atomic mass is 9.85. The van der Waals surface area contributed by atoms with E-state index in [0.717, 1.165) is 79.8 Å². The Labute approximate surface area is 404 Å². The Hall–Kier alpha value is -5.49. The average Bonchev–Trinajstić information content (AvgIpc) is 3.83. The smallest absolute Gasteiger partial charge is 0.410 e. The molecule has 2 aromatic carbocycles. The number of H-pyrrole nitrogens is 1. The van der Waals surface area contributed by atoms with Gasteiger partial charge < -0.3 is 44.5 Å². The number of likely N-dealkylation sites (tertiary alicyclic amines) is 2. The van der Waals surface area contributed by atoms with Crippen molar-refractivity contribution in [1.29, 1.82) is 0 Å². The molecule has 17 nitrogen and oxygen atoms in total.